The Morgan fingerprint density at radius 2 is 0.449 bits per heavy atom. The van der Waals surface area contributed by atoms with Gasteiger partial charge in [0.15, 0.2) is 29.1 Å². The van der Waals surface area contributed by atoms with Crippen LogP contribution in [0.15, 0.2) is 378 Å². The van der Waals surface area contributed by atoms with Crippen LogP contribution in [-0.2, 0) is 0 Å². The molecular formula is C102H60BClN6O8. The SMILES string of the molecule is Clc1nc(-c2ccc3c(c2)oc2ccccc23)nc(-c2ccc3c(c2)oc2c(-c4ccccc4)cccc23)n1.OB(O)c1cccc(-c2cccc3c2oc2ccccc23)c1.c1ccc(-c2cccc3c2oc2cc(-c4nc(-c5cccc(-c6cccc7c6oc6ccccc67)c5)nc(-c5ccc6c(c5)oc5ccccc56)n4)ccc23)cc1. The average Bonchev–Trinajstić information content (AvgIpc) is 1.88. The van der Waals surface area contributed by atoms with Crippen LogP contribution in [0.5, 0.6) is 0 Å². The number of fused-ring (bicyclic) bond motifs is 18. The zero-order chi connectivity index (χ0) is 78.5. The van der Waals surface area contributed by atoms with E-state index in [2.05, 4.69) is 143 Å². The third-order valence-corrected chi connectivity index (χ3v) is 22.1. The van der Waals surface area contributed by atoms with E-state index in [-0.39, 0.29) is 5.28 Å². The topological polar surface area (TPSA) is 197 Å². The van der Waals surface area contributed by atoms with E-state index in [1.807, 2.05) is 206 Å². The Balaban J connectivity index is 0.000000118. The summed E-state index contributed by atoms with van der Waals surface area (Å²) >= 11 is 6.39. The molecule has 0 aliphatic carbocycles. The quantitative estimate of drug-likeness (QED) is 0.123. The Kier molecular flexibility index (Phi) is 16.8. The average molecular weight is 1540 g/mol. The summed E-state index contributed by atoms with van der Waals surface area (Å²) in [6.45, 7) is 0. The Bertz CT molecular complexity index is 8110. The lowest BCUT2D eigenvalue weighted by molar-refractivity contribution is 0.426. The molecule has 2 N–H and O–H groups in total. The molecule has 14 nitrogen and oxygen atoms in total. The van der Waals surface area contributed by atoms with Gasteiger partial charge in [0.2, 0.25) is 5.28 Å². The zero-order valence-electron chi connectivity index (χ0n) is 62.5. The van der Waals surface area contributed by atoms with Crippen molar-refractivity contribution >= 4 is 156 Å². The molecule has 0 unspecified atom stereocenters. The minimum atomic E-state index is -1.48. The molecule has 0 saturated carbocycles. The van der Waals surface area contributed by atoms with Gasteiger partial charge in [-0.2, -0.15) is 9.97 Å². The Hall–Kier alpha value is -15.4. The molecule has 0 aliphatic heterocycles. The van der Waals surface area contributed by atoms with Crippen LogP contribution in [0.2, 0.25) is 5.28 Å². The van der Waals surface area contributed by atoms with Gasteiger partial charge in [-0.1, -0.05) is 273 Å². The van der Waals surface area contributed by atoms with Crippen molar-refractivity contribution in [2.75, 3.05) is 0 Å². The summed E-state index contributed by atoms with van der Waals surface area (Å²) in [6, 6.07) is 117. The van der Waals surface area contributed by atoms with Crippen molar-refractivity contribution < 1.29 is 36.6 Å². The Morgan fingerprint density at radius 3 is 0.839 bits per heavy atom. The second-order valence-electron chi connectivity index (χ2n) is 29.0. The first kappa shape index (κ1) is 69.3. The number of halogens is 1. The van der Waals surface area contributed by atoms with E-state index in [1.54, 1.807) is 12.1 Å². The van der Waals surface area contributed by atoms with Crippen LogP contribution in [-0.4, -0.2) is 47.1 Å². The van der Waals surface area contributed by atoms with E-state index in [1.165, 1.54) is 0 Å². The smallest absolute Gasteiger partial charge is 0.456 e. The molecule has 16 heteroatoms. The molecule has 0 spiro atoms. The van der Waals surface area contributed by atoms with Gasteiger partial charge in [0.25, 0.3) is 0 Å². The van der Waals surface area contributed by atoms with Crippen LogP contribution in [0.1, 0.15) is 0 Å². The number of furan rings is 6. The first-order chi connectivity index (χ1) is 58.2. The summed E-state index contributed by atoms with van der Waals surface area (Å²) in [5.41, 5.74) is 22.5. The lowest BCUT2D eigenvalue weighted by Gasteiger charge is -2.10. The first-order valence-corrected chi connectivity index (χ1v) is 39.0. The molecule has 0 atom stereocenters. The second-order valence-corrected chi connectivity index (χ2v) is 29.4. The van der Waals surface area contributed by atoms with Gasteiger partial charge in [-0.15, -0.1) is 0 Å². The fourth-order valence-corrected chi connectivity index (χ4v) is 16.5. The summed E-state index contributed by atoms with van der Waals surface area (Å²) < 4.78 is 37.8. The summed E-state index contributed by atoms with van der Waals surface area (Å²) in [5, 5.41) is 31.6. The number of nitrogens with zero attached hydrogens (tertiary/aromatic N) is 6. The largest absolute Gasteiger partial charge is 0.488 e. The van der Waals surface area contributed by atoms with Crippen molar-refractivity contribution in [2.24, 2.45) is 0 Å². The van der Waals surface area contributed by atoms with Gasteiger partial charge >= 0.3 is 7.12 Å². The van der Waals surface area contributed by atoms with E-state index in [4.69, 9.17) is 58.0 Å². The lowest BCUT2D eigenvalue weighted by Crippen LogP contribution is -2.29. The number of hydrogen-bond donors (Lipinski definition) is 2. The highest BCUT2D eigenvalue weighted by molar-refractivity contribution is 6.58. The molecule has 24 rings (SSSR count). The first-order valence-electron chi connectivity index (χ1n) is 38.6. The number of aromatic nitrogens is 6. The molecule has 0 radical (unpaired) electrons. The maximum Gasteiger partial charge on any atom is 0.488 e. The van der Waals surface area contributed by atoms with Crippen molar-refractivity contribution in [1.29, 1.82) is 0 Å². The van der Waals surface area contributed by atoms with E-state index < -0.39 is 7.12 Å². The fourth-order valence-electron chi connectivity index (χ4n) is 16.3. The summed E-state index contributed by atoms with van der Waals surface area (Å²) in [5.74, 6) is 2.58. The van der Waals surface area contributed by atoms with E-state index in [9.17, 15) is 10.0 Å². The summed E-state index contributed by atoms with van der Waals surface area (Å²) in [6.07, 6.45) is 0. The Labute approximate surface area is 676 Å². The van der Waals surface area contributed by atoms with Crippen LogP contribution in [0.4, 0.5) is 0 Å². The van der Waals surface area contributed by atoms with Crippen LogP contribution < -0.4 is 5.46 Å². The van der Waals surface area contributed by atoms with E-state index in [0.29, 0.717) is 34.6 Å². The molecule has 0 aliphatic rings. The van der Waals surface area contributed by atoms with Gasteiger partial charge in [0, 0.05) is 115 Å². The molecule has 118 heavy (non-hydrogen) atoms. The molecule has 8 heterocycles. The number of hydrogen-bond acceptors (Lipinski definition) is 14. The van der Waals surface area contributed by atoms with Crippen molar-refractivity contribution in [2.45, 2.75) is 0 Å². The molecule has 556 valence electrons. The van der Waals surface area contributed by atoms with Crippen LogP contribution in [0, 0.1) is 0 Å². The predicted molar refractivity (Wildman–Crippen MR) is 474 cm³/mol. The zero-order valence-corrected chi connectivity index (χ0v) is 63.2. The van der Waals surface area contributed by atoms with Gasteiger partial charge < -0.3 is 36.6 Å². The molecule has 0 saturated heterocycles. The van der Waals surface area contributed by atoms with Gasteiger partial charge in [-0.3, -0.25) is 0 Å². The van der Waals surface area contributed by atoms with Crippen molar-refractivity contribution in [3.8, 4) is 101 Å². The van der Waals surface area contributed by atoms with Crippen molar-refractivity contribution in [3.05, 3.63) is 357 Å². The van der Waals surface area contributed by atoms with Crippen molar-refractivity contribution in [3.63, 3.8) is 0 Å². The van der Waals surface area contributed by atoms with Gasteiger partial charge in [-0.25, -0.2) is 19.9 Å². The highest BCUT2D eigenvalue weighted by Gasteiger charge is 2.23. The standard InChI is InChI=1S/C51H29N3O3.C33H18ClN3O2.C18H13BO3/c1-2-11-30(12-3-1)35-17-9-20-42-40-26-24-34(29-46(40)57-47(35)42)51-53-49(52-50(54-51)33-23-25-39-37-15-4-6-21-43(37)55-45(39)28-33)32-14-8-13-31(27-32)36-18-10-19-41-38-16-5-7-22-44(38)56-48(36)41;34-33-36-31(20-13-15-24-23-9-4-5-12-27(23)38-28(24)17-20)35-32(37-33)21-14-16-25-26-11-6-10-22(19-7-2-1-3-8-19)30(26)39-29(25)18-21;20-19(21)13-6-3-5-12(11-13)14-8-4-9-16-15-7-1-2-10-17(15)22-18(14)16/h1-29H;1-18H;1-11,20-21H. The molecular weight excluding hydrogens is 1480 g/mol. The lowest BCUT2D eigenvalue weighted by atomic mass is 9.79. The maximum absolute atomic E-state index is 9.35. The monoisotopic (exact) mass is 1540 g/mol. The minimum absolute atomic E-state index is 0.121. The molecule has 0 bridgehead atoms. The third-order valence-electron chi connectivity index (χ3n) is 21.9. The van der Waals surface area contributed by atoms with Crippen LogP contribution in [0.25, 0.3) is 233 Å². The van der Waals surface area contributed by atoms with Gasteiger partial charge in [-0.05, 0) is 118 Å². The molecule has 0 fully saturated rings. The Morgan fingerprint density at radius 1 is 0.195 bits per heavy atom. The molecule has 8 aromatic heterocycles. The second kappa shape index (κ2) is 28.6. The summed E-state index contributed by atoms with van der Waals surface area (Å²) in [4.78, 5) is 29.0. The van der Waals surface area contributed by atoms with Crippen molar-refractivity contribution in [1.82, 2.24) is 29.9 Å². The molecule has 24 aromatic rings. The molecule has 0 amide bonds. The minimum Gasteiger partial charge on any atom is -0.456 e. The van der Waals surface area contributed by atoms with Crippen LogP contribution in [0.3, 0.4) is 0 Å². The van der Waals surface area contributed by atoms with E-state index >= 15 is 0 Å². The highest BCUT2D eigenvalue weighted by atomic mass is 35.5. The fraction of sp³-hybridized carbons (Fsp3) is 0. The van der Waals surface area contributed by atoms with Gasteiger partial charge in [0.05, 0.1) is 0 Å². The number of para-hydroxylation sites is 8. The molecule has 16 aromatic carbocycles. The summed E-state index contributed by atoms with van der Waals surface area (Å²) in [7, 11) is -1.48. The van der Waals surface area contributed by atoms with Crippen LogP contribution >= 0.6 is 11.6 Å². The highest BCUT2D eigenvalue weighted by Crippen LogP contribution is 2.44. The normalized spacial score (nSPS) is 11.7. The number of benzene rings is 16. The van der Waals surface area contributed by atoms with Gasteiger partial charge in [0.1, 0.15) is 67.0 Å². The third kappa shape index (κ3) is 12.3. The predicted octanol–water partition coefficient (Wildman–Crippen LogP) is 26.2. The van der Waals surface area contributed by atoms with E-state index in [0.717, 1.165) is 204 Å². The number of rotatable bonds is 10. The maximum atomic E-state index is 9.35.